The van der Waals surface area contributed by atoms with Crippen molar-refractivity contribution in [1.82, 2.24) is 18.4 Å². The molecule has 2 amide bonds. The number of rotatable bonds is 6. The molecule has 2 heterocycles. The predicted octanol–water partition coefficient (Wildman–Crippen LogP) is -0.0259. The number of nitrogens with zero attached hydrogens (tertiary/aromatic N) is 4. The molecule has 1 atom stereocenters. The summed E-state index contributed by atoms with van der Waals surface area (Å²) in [6.07, 6.45) is 0.259. The van der Waals surface area contributed by atoms with E-state index in [-0.39, 0.29) is 30.2 Å². The van der Waals surface area contributed by atoms with Crippen LogP contribution in [0, 0.1) is 5.92 Å². The van der Waals surface area contributed by atoms with Crippen molar-refractivity contribution in [1.29, 1.82) is 0 Å². The molecule has 1 unspecified atom stereocenters. The van der Waals surface area contributed by atoms with Crippen molar-refractivity contribution in [2.45, 2.75) is 40.2 Å². The molecule has 0 radical (unpaired) electrons. The van der Waals surface area contributed by atoms with Gasteiger partial charge in [-0.15, -0.1) is 0 Å². The van der Waals surface area contributed by atoms with Gasteiger partial charge in [-0.1, -0.05) is 13.8 Å². The van der Waals surface area contributed by atoms with Gasteiger partial charge >= 0.3 is 0 Å². The summed E-state index contributed by atoms with van der Waals surface area (Å²) >= 11 is 0. The molecular formula is C16H30N4O4S. The Balaban J connectivity index is 1.94. The highest BCUT2D eigenvalue weighted by atomic mass is 32.2. The Morgan fingerprint density at radius 3 is 2.16 bits per heavy atom. The van der Waals surface area contributed by atoms with Crippen molar-refractivity contribution in [2.75, 3.05) is 45.8 Å². The first-order valence-corrected chi connectivity index (χ1v) is 10.5. The van der Waals surface area contributed by atoms with Crippen LogP contribution in [0.25, 0.3) is 0 Å². The third-order valence-electron chi connectivity index (χ3n) is 5.04. The van der Waals surface area contributed by atoms with Crippen molar-refractivity contribution in [3.05, 3.63) is 0 Å². The van der Waals surface area contributed by atoms with Crippen LogP contribution in [0.4, 0.5) is 0 Å². The SMILES string of the molecule is CCN(CC)S(=O)(=O)N1CCN(C(=O)C2CC(=O)N(C(C)C)C2)CC1. The van der Waals surface area contributed by atoms with E-state index in [0.29, 0.717) is 45.8 Å². The van der Waals surface area contributed by atoms with Gasteiger partial charge in [0, 0.05) is 58.3 Å². The quantitative estimate of drug-likeness (QED) is 0.654. The lowest BCUT2D eigenvalue weighted by Gasteiger charge is -2.37. The molecule has 25 heavy (non-hydrogen) atoms. The molecule has 0 saturated carbocycles. The van der Waals surface area contributed by atoms with Crippen LogP contribution in [0.5, 0.6) is 0 Å². The Bertz CT molecular complexity index is 595. The molecule has 2 aliphatic heterocycles. The summed E-state index contributed by atoms with van der Waals surface area (Å²) in [6, 6.07) is 0.0985. The van der Waals surface area contributed by atoms with Crippen LogP contribution in [0.2, 0.25) is 0 Å². The van der Waals surface area contributed by atoms with E-state index in [9.17, 15) is 18.0 Å². The van der Waals surface area contributed by atoms with E-state index in [0.717, 1.165) is 0 Å². The van der Waals surface area contributed by atoms with Crippen LogP contribution in [0.1, 0.15) is 34.1 Å². The Labute approximate surface area is 150 Å². The zero-order chi connectivity index (χ0) is 18.8. The average Bonchev–Trinajstić information content (AvgIpc) is 2.97. The van der Waals surface area contributed by atoms with Crippen LogP contribution in [-0.4, -0.2) is 90.5 Å². The van der Waals surface area contributed by atoms with Gasteiger partial charge in [0.2, 0.25) is 11.8 Å². The molecule has 2 rings (SSSR count). The fraction of sp³-hybridized carbons (Fsp3) is 0.875. The van der Waals surface area contributed by atoms with Crippen LogP contribution in [-0.2, 0) is 19.8 Å². The second-order valence-electron chi connectivity index (χ2n) is 6.86. The minimum Gasteiger partial charge on any atom is -0.340 e. The molecule has 0 aliphatic carbocycles. The van der Waals surface area contributed by atoms with Crippen molar-refractivity contribution in [3.63, 3.8) is 0 Å². The van der Waals surface area contributed by atoms with Gasteiger partial charge in [-0.3, -0.25) is 9.59 Å². The third kappa shape index (κ3) is 4.15. The Morgan fingerprint density at radius 1 is 1.16 bits per heavy atom. The summed E-state index contributed by atoms with van der Waals surface area (Å²) in [6.45, 7) is 10.2. The number of carbonyl (C=O) groups excluding carboxylic acids is 2. The van der Waals surface area contributed by atoms with E-state index < -0.39 is 10.2 Å². The van der Waals surface area contributed by atoms with Crippen molar-refractivity contribution in [2.24, 2.45) is 5.92 Å². The minimum absolute atomic E-state index is 0.0242. The van der Waals surface area contributed by atoms with Gasteiger partial charge in [-0.2, -0.15) is 17.0 Å². The van der Waals surface area contributed by atoms with Gasteiger partial charge in [0.05, 0.1) is 5.92 Å². The highest BCUT2D eigenvalue weighted by Crippen LogP contribution is 2.23. The second-order valence-corrected chi connectivity index (χ2v) is 8.79. The minimum atomic E-state index is -3.45. The first-order valence-electron chi connectivity index (χ1n) is 9.05. The number of hydrogen-bond donors (Lipinski definition) is 0. The van der Waals surface area contributed by atoms with E-state index >= 15 is 0 Å². The summed E-state index contributed by atoms with van der Waals surface area (Å²) in [5, 5.41) is 0. The molecule has 144 valence electrons. The molecule has 8 nitrogen and oxygen atoms in total. The maximum Gasteiger partial charge on any atom is 0.282 e. The van der Waals surface area contributed by atoms with Gasteiger partial charge in [0.1, 0.15) is 0 Å². The molecule has 2 saturated heterocycles. The smallest absolute Gasteiger partial charge is 0.282 e. The van der Waals surface area contributed by atoms with Gasteiger partial charge in [-0.05, 0) is 13.8 Å². The van der Waals surface area contributed by atoms with Gasteiger partial charge in [0.15, 0.2) is 0 Å². The molecule has 0 N–H and O–H groups in total. The van der Waals surface area contributed by atoms with E-state index in [1.807, 2.05) is 27.7 Å². The molecule has 0 aromatic carbocycles. The van der Waals surface area contributed by atoms with Gasteiger partial charge < -0.3 is 9.80 Å². The number of hydrogen-bond acceptors (Lipinski definition) is 4. The zero-order valence-electron chi connectivity index (χ0n) is 15.6. The maximum atomic E-state index is 12.7. The first kappa shape index (κ1) is 20.1. The lowest BCUT2D eigenvalue weighted by Crippen LogP contribution is -2.55. The number of carbonyl (C=O) groups is 2. The summed E-state index contributed by atoms with van der Waals surface area (Å²) in [5.41, 5.74) is 0. The zero-order valence-corrected chi connectivity index (χ0v) is 16.5. The summed E-state index contributed by atoms with van der Waals surface area (Å²) in [7, 11) is -3.45. The van der Waals surface area contributed by atoms with E-state index in [2.05, 4.69) is 0 Å². The maximum absolute atomic E-state index is 12.7. The summed E-state index contributed by atoms with van der Waals surface area (Å²) < 4.78 is 28.0. The second kappa shape index (κ2) is 8.01. The lowest BCUT2D eigenvalue weighted by molar-refractivity contribution is -0.137. The molecule has 9 heteroatoms. The normalized spacial score (nSPS) is 23.1. The molecular weight excluding hydrogens is 344 g/mol. The van der Waals surface area contributed by atoms with Crippen molar-refractivity contribution in [3.8, 4) is 0 Å². The molecule has 0 bridgehead atoms. The summed E-state index contributed by atoms with van der Waals surface area (Å²) in [5.74, 6) is -0.312. The van der Waals surface area contributed by atoms with E-state index in [1.54, 1.807) is 9.80 Å². The third-order valence-corrected chi connectivity index (χ3v) is 7.23. The lowest BCUT2D eigenvalue weighted by atomic mass is 10.1. The molecule has 0 aromatic heterocycles. The first-order chi connectivity index (χ1) is 11.7. The molecule has 0 aromatic rings. The summed E-state index contributed by atoms with van der Waals surface area (Å²) in [4.78, 5) is 28.1. The van der Waals surface area contributed by atoms with Crippen molar-refractivity contribution >= 4 is 22.0 Å². The van der Waals surface area contributed by atoms with Gasteiger partial charge in [-0.25, -0.2) is 0 Å². The fourth-order valence-electron chi connectivity index (χ4n) is 3.51. The van der Waals surface area contributed by atoms with Gasteiger partial charge in [0.25, 0.3) is 10.2 Å². The highest BCUT2D eigenvalue weighted by molar-refractivity contribution is 7.86. The molecule has 0 spiro atoms. The molecule has 2 fully saturated rings. The predicted molar refractivity (Wildman–Crippen MR) is 94.9 cm³/mol. The van der Waals surface area contributed by atoms with Crippen LogP contribution < -0.4 is 0 Å². The Morgan fingerprint density at radius 2 is 1.72 bits per heavy atom. The van der Waals surface area contributed by atoms with Crippen LogP contribution >= 0.6 is 0 Å². The Kier molecular flexibility index (Phi) is 6.45. The van der Waals surface area contributed by atoms with Crippen molar-refractivity contribution < 1.29 is 18.0 Å². The van der Waals surface area contributed by atoms with E-state index in [1.165, 1.54) is 8.61 Å². The van der Waals surface area contributed by atoms with Crippen LogP contribution in [0.3, 0.4) is 0 Å². The largest absolute Gasteiger partial charge is 0.340 e. The fourth-order valence-corrected chi connectivity index (χ4v) is 5.11. The Hall–Kier alpha value is -1.19. The van der Waals surface area contributed by atoms with Crippen LogP contribution in [0.15, 0.2) is 0 Å². The van der Waals surface area contributed by atoms with E-state index in [4.69, 9.17) is 0 Å². The topological polar surface area (TPSA) is 81.2 Å². The highest BCUT2D eigenvalue weighted by Gasteiger charge is 2.39. The monoisotopic (exact) mass is 374 g/mol. The molecule has 2 aliphatic rings. The number of piperazine rings is 1. The number of amides is 2. The standard InChI is InChI=1S/C16H30N4O4S/c1-5-18(6-2)25(23,24)19-9-7-17(8-10-19)16(22)14-11-15(21)20(12-14)13(3)4/h13-14H,5-12H2,1-4H3. The average molecular weight is 375 g/mol. The number of likely N-dealkylation sites (tertiary alicyclic amines) is 1.